The Morgan fingerprint density at radius 1 is 0.833 bits per heavy atom. The summed E-state index contributed by atoms with van der Waals surface area (Å²) >= 11 is 0. The monoisotopic (exact) mass is 437 g/mol. The summed E-state index contributed by atoms with van der Waals surface area (Å²) in [4.78, 5) is 63.2. The lowest BCUT2D eigenvalue weighted by Crippen LogP contribution is -2.30. The van der Waals surface area contributed by atoms with Crippen molar-refractivity contribution in [3.63, 3.8) is 0 Å². The van der Waals surface area contributed by atoms with Crippen LogP contribution in [0.2, 0.25) is 0 Å². The largest absolute Gasteiger partial charge is 0.395 e. The van der Waals surface area contributed by atoms with E-state index in [9.17, 15) is 23.2 Å². The minimum absolute atomic E-state index is 0.431. The molecule has 24 heavy (non-hydrogen) atoms. The molecule has 0 heterocycles. The normalized spacial score (nSPS) is 16.6. The van der Waals surface area contributed by atoms with Crippen LogP contribution < -0.4 is 0 Å². The number of aliphatic hydroxyl groups excluding tert-OH is 1. The smallest absolute Gasteiger partial charge is 0.343 e. The molecule has 0 saturated carbocycles. The van der Waals surface area contributed by atoms with Crippen LogP contribution in [0, 0.1) is 0 Å². The number of hydrogen-bond donors (Lipinski definition) is 8. The fraction of sp³-hybridized carbons (Fsp3) is 1.00. The van der Waals surface area contributed by atoms with Gasteiger partial charge in [0.2, 0.25) is 0 Å². The van der Waals surface area contributed by atoms with E-state index in [0.717, 1.165) is 0 Å². The third-order valence-corrected chi connectivity index (χ3v) is 8.12. The fourth-order valence-electron chi connectivity index (χ4n) is 1.45. The molecule has 0 bridgehead atoms. The van der Waals surface area contributed by atoms with Crippen LogP contribution in [-0.4, -0.2) is 82.0 Å². The molecule has 1 atom stereocenters. The van der Waals surface area contributed by atoms with Crippen LogP contribution in [0.5, 0.6) is 0 Å². The highest BCUT2D eigenvalue weighted by Gasteiger charge is 2.45. The molecule has 0 aliphatic heterocycles. The standard InChI is InChI=1S/C6H19NO13P4/c8-2-1-7(4-21(9,10)11)5-22(12,13)20-3-6(23(14,15)16)24(17,18)19/h6,8H,1-5H2,(H,12,13)(H2,9,10,11)(H2,14,15,16)(H2,17,18,19). The highest BCUT2D eigenvalue weighted by Crippen LogP contribution is 2.61. The van der Waals surface area contributed by atoms with Gasteiger partial charge in [-0.3, -0.25) is 23.2 Å². The van der Waals surface area contributed by atoms with E-state index < -0.39 is 68.1 Å². The molecule has 0 aromatic heterocycles. The van der Waals surface area contributed by atoms with Crippen molar-refractivity contribution < 1.29 is 62.1 Å². The lowest BCUT2D eigenvalue weighted by atomic mass is 10.6. The van der Waals surface area contributed by atoms with Gasteiger partial charge < -0.3 is 43.9 Å². The van der Waals surface area contributed by atoms with E-state index in [2.05, 4.69) is 4.52 Å². The van der Waals surface area contributed by atoms with Gasteiger partial charge in [-0.15, -0.1) is 0 Å². The van der Waals surface area contributed by atoms with Gasteiger partial charge in [-0.2, -0.15) is 0 Å². The minimum Gasteiger partial charge on any atom is -0.395 e. The van der Waals surface area contributed by atoms with Gasteiger partial charge in [-0.1, -0.05) is 0 Å². The molecule has 0 spiro atoms. The van der Waals surface area contributed by atoms with Crippen molar-refractivity contribution in [1.29, 1.82) is 0 Å². The first kappa shape index (κ1) is 24.5. The summed E-state index contributed by atoms with van der Waals surface area (Å²) < 4.78 is 49.0. The van der Waals surface area contributed by atoms with Crippen molar-refractivity contribution in [2.24, 2.45) is 0 Å². The molecule has 146 valence electrons. The topological polar surface area (TPSA) is 243 Å². The lowest BCUT2D eigenvalue weighted by molar-refractivity contribution is 0.198. The maximum absolute atomic E-state index is 11.8. The van der Waals surface area contributed by atoms with Gasteiger partial charge >= 0.3 is 30.4 Å². The average molecular weight is 437 g/mol. The number of nitrogens with zero attached hydrogens (tertiary/aromatic N) is 1. The molecule has 0 radical (unpaired) electrons. The predicted molar refractivity (Wildman–Crippen MR) is 79.2 cm³/mol. The quantitative estimate of drug-likeness (QED) is 0.167. The minimum atomic E-state index is -5.36. The van der Waals surface area contributed by atoms with Crippen molar-refractivity contribution in [2.75, 3.05) is 32.3 Å². The van der Waals surface area contributed by atoms with Crippen LogP contribution in [0.1, 0.15) is 0 Å². The van der Waals surface area contributed by atoms with Gasteiger partial charge in [-0.25, -0.2) is 0 Å². The Morgan fingerprint density at radius 2 is 1.29 bits per heavy atom. The second-order valence-electron chi connectivity index (χ2n) is 4.66. The van der Waals surface area contributed by atoms with Crippen LogP contribution in [0.3, 0.4) is 0 Å². The molecule has 0 aromatic carbocycles. The third-order valence-electron chi connectivity index (χ3n) is 2.38. The van der Waals surface area contributed by atoms with Crippen molar-refractivity contribution in [3.8, 4) is 0 Å². The summed E-state index contributed by atoms with van der Waals surface area (Å²) in [5, 5.41) is 6.08. The van der Waals surface area contributed by atoms with E-state index >= 15 is 0 Å². The van der Waals surface area contributed by atoms with Gasteiger partial charge in [0.05, 0.1) is 13.2 Å². The molecule has 0 rings (SSSR count). The van der Waals surface area contributed by atoms with E-state index in [0.29, 0.717) is 4.90 Å². The first-order chi connectivity index (χ1) is 10.5. The molecule has 0 aliphatic rings. The molecule has 0 aromatic rings. The summed E-state index contributed by atoms with van der Waals surface area (Å²) in [6, 6.07) is 0. The Bertz CT molecular complexity index is 567. The Kier molecular flexibility index (Phi) is 9.14. The van der Waals surface area contributed by atoms with Crippen LogP contribution in [0.15, 0.2) is 0 Å². The maximum atomic E-state index is 11.8. The first-order valence-corrected chi connectivity index (χ1v) is 12.8. The highest BCUT2D eigenvalue weighted by atomic mass is 31.2. The molecule has 0 amide bonds. The zero-order valence-corrected chi connectivity index (χ0v) is 15.5. The molecule has 0 fully saturated rings. The van der Waals surface area contributed by atoms with Gasteiger partial charge in [0.1, 0.15) is 12.6 Å². The molecule has 8 N–H and O–H groups in total. The van der Waals surface area contributed by atoms with E-state index in [-0.39, 0.29) is 0 Å². The van der Waals surface area contributed by atoms with Crippen LogP contribution in [-0.2, 0) is 22.8 Å². The van der Waals surface area contributed by atoms with Crippen LogP contribution in [0.4, 0.5) is 0 Å². The SMILES string of the molecule is O=P(O)(O)CN(CCO)CP(=O)(O)OCC(P(=O)(O)O)P(=O)(O)O. The first-order valence-electron chi connectivity index (χ1n) is 5.92. The Morgan fingerprint density at radius 3 is 1.62 bits per heavy atom. The van der Waals surface area contributed by atoms with E-state index in [1.807, 2.05) is 0 Å². The van der Waals surface area contributed by atoms with Crippen LogP contribution >= 0.6 is 30.4 Å². The molecule has 18 heteroatoms. The second-order valence-corrected chi connectivity index (χ2v) is 12.1. The van der Waals surface area contributed by atoms with E-state index in [1.165, 1.54) is 0 Å². The highest BCUT2D eigenvalue weighted by molar-refractivity contribution is 7.71. The van der Waals surface area contributed by atoms with Crippen LogP contribution in [0.25, 0.3) is 0 Å². The summed E-state index contributed by atoms with van der Waals surface area (Å²) in [6.07, 6.45) is -2.06. The van der Waals surface area contributed by atoms with Crippen molar-refractivity contribution in [2.45, 2.75) is 5.40 Å². The third kappa shape index (κ3) is 10.5. The van der Waals surface area contributed by atoms with Crippen molar-refractivity contribution in [3.05, 3.63) is 0 Å². The molecular weight excluding hydrogens is 418 g/mol. The van der Waals surface area contributed by atoms with Gasteiger partial charge in [0.15, 0.2) is 5.40 Å². The summed E-state index contributed by atoms with van der Waals surface area (Å²) in [6.45, 7) is -2.53. The number of aliphatic hydroxyl groups is 1. The zero-order chi connectivity index (χ0) is 19.4. The van der Waals surface area contributed by atoms with Gasteiger partial charge in [0, 0.05) is 6.54 Å². The summed E-state index contributed by atoms with van der Waals surface area (Å²) in [5.74, 6) is 0. The van der Waals surface area contributed by atoms with E-state index in [4.69, 9.17) is 34.5 Å². The van der Waals surface area contributed by atoms with Gasteiger partial charge in [-0.05, 0) is 0 Å². The van der Waals surface area contributed by atoms with Gasteiger partial charge in [0.25, 0.3) is 0 Å². The van der Waals surface area contributed by atoms with Crippen molar-refractivity contribution in [1.82, 2.24) is 4.90 Å². The molecule has 1 unspecified atom stereocenters. The Labute approximate surface area is 136 Å². The number of rotatable bonds is 11. The Hall–Kier alpha value is 0.520. The van der Waals surface area contributed by atoms with E-state index in [1.54, 1.807) is 0 Å². The summed E-state index contributed by atoms with van der Waals surface area (Å²) in [5.41, 5.74) is 0. The Balaban J connectivity index is 5.05. The fourth-order valence-corrected chi connectivity index (χ4v) is 5.93. The maximum Gasteiger partial charge on any atom is 0.343 e. The lowest BCUT2D eigenvalue weighted by Gasteiger charge is -2.25. The molecule has 0 aliphatic carbocycles. The number of hydrogen-bond acceptors (Lipinski definition) is 7. The molecule has 14 nitrogen and oxygen atoms in total. The summed E-state index contributed by atoms with van der Waals surface area (Å²) in [7, 11) is -20.1. The molecular formula is C6H19NO13P4. The average Bonchev–Trinajstić information content (AvgIpc) is 2.21. The predicted octanol–water partition coefficient (Wildman–Crippen LogP) is -1.74. The second kappa shape index (κ2) is 8.94. The van der Waals surface area contributed by atoms with Crippen molar-refractivity contribution >= 4 is 30.4 Å². The zero-order valence-electron chi connectivity index (χ0n) is 12.0. The molecule has 0 saturated heterocycles.